The Kier molecular flexibility index (Phi) is 4.45. The zero-order valence-corrected chi connectivity index (χ0v) is 11.2. The van der Waals surface area contributed by atoms with E-state index < -0.39 is 0 Å². The zero-order valence-electron chi connectivity index (χ0n) is 11.2. The third-order valence-electron chi connectivity index (χ3n) is 4.66. The summed E-state index contributed by atoms with van der Waals surface area (Å²) in [5.41, 5.74) is -0.202. The molecule has 0 bridgehead atoms. The van der Waals surface area contributed by atoms with Crippen LogP contribution in [0.1, 0.15) is 71.1 Å². The fourth-order valence-electron chi connectivity index (χ4n) is 3.44. The smallest absolute Gasteiger partial charge is 0.106 e. The molecule has 2 unspecified atom stereocenters. The van der Waals surface area contributed by atoms with Gasteiger partial charge in [-0.15, -0.1) is 0 Å². The largest absolute Gasteiger partial charge is 0.297 e. The first-order valence-corrected chi connectivity index (χ1v) is 7.43. The minimum atomic E-state index is -0.202. The van der Waals surface area contributed by atoms with Gasteiger partial charge in [0.2, 0.25) is 0 Å². The number of nitrogens with one attached hydrogen (secondary N) is 1. The Morgan fingerprint density at radius 3 is 2.47 bits per heavy atom. The molecule has 0 aromatic carbocycles. The first-order valence-electron chi connectivity index (χ1n) is 7.43. The summed E-state index contributed by atoms with van der Waals surface area (Å²) in [6.45, 7) is 2.33. The molecule has 2 atom stereocenters. The quantitative estimate of drug-likeness (QED) is 0.738. The predicted molar refractivity (Wildman–Crippen MR) is 70.6 cm³/mol. The van der Waals surface area contributed by atoms with Crippen molar-refractivity contribution in [3.05, 3.63) is 0 Å². The van der Waals surface area contributed by atoms with Crippen molar-refractivity contribution in [2.75, 3.05) is 0 Å². The molecule has 2 fully saturated rings. The molecule has 2 aliphatic rings. The van der Waals surface area contributed by atoms with E-state index in [0.29, 0.717) is 6.04 Å². The monoisotopic (exact) mass is 234 g/mol. The molecule has 0 heterocycles. The lowest BCUT2D eigenvalue weighted by atomic mass is 9.87. The van der Waals surface area contributed by atoms with Gasteiger partial charge in [0.05, 0.1) is 6.07 Å². The molecule has 17 heavy (non-hydrogen) atoms. The van der Waals surface area contributed by atoms with Gasteiger partial charge in [-0.2, -0.15) is 5.26 Å². The van der Waals surface area contributed by atoms with Gasteiger partial charge in [-0.25, -0.2) is 0 Å². The van der Waals surface area contributed by atoms with Gasteiger partial charge in [-0.3, -0.25) is 5.32 Å². The van der Waals surface area contributed by atoms with Gasteiger partial charge in [0, 0.05) is 6.04 Å². The van der Waals surface area contributed by atoms with Crippen molar-refractivity contribution >= 4 is 0 Å². The predicted octanol–water partition coefficient (Wildman–Crippen LogP) is 3.77. The van der Waals surface area contributed by atoms with Gasteiger partial charge < -0.3 is 0 Å². The van der Waals surface area contributed by atoms with E-state index in [2.05, 4.69) is 18.3 Å². The molecule has 0 amide bonds. The first kappa shape index (κ1) is 12.9. The lowest BCUT2D eigenvalue weighted by Gasteiger charge is -2.34. The lowest BCUT2D eigenvalue weighted by Crippen LogP contribution is -2.49. The van der Waals surface area contributed by atoms with Crippen LogP contribution in [-0.4, -0.2) is 11.6 Å². The van der Waals surface area contributed by atoms with Crippen molar-refractivity contribution in [3.8, 4) is 6.07 Å². The van der Waals surface area contributed by atoms with Crippen LogP contribution in [0, 0.1) is 17.2 Å². The highest BCUT2D eigenvalue weighted by Gasteiger charge is 2.34. The van der Waals surface area contributed by atoms with Gasteiger partial charge in [-0.05, 0) is 38.0 Å². The first-order chi connectivity index (χ1) is 8.24. The van der Waals surface area contributed by atoms with Crippen molar-refractivity contribution in [1.82, 2.24) is 5.32 Å². The van der Waals surface area contributed by atoms with E-state index in [4.69, 9.17) is 0 Å². The summed E-state index contributed by atoms with van der Waals surface area (Å²) < 4.78 is 0. The molecule has 0 aliphatic heterocycles. The molecule has 0 aromatic rings. The van der Waals surface area contributed by atoms with Crippen LogP contribution in [0.15, 0.2) is 0 Å². The Labute approximate surface area is 106 Å². The van der Waals surface area contributed by atoms with Crippen LogP contribution in [0.4, 0.5) is 0 Å². The molecule has 0 saturated heterocycles. The fraction of sp³-hybridized carbons (Fsp3) is 0.933. The van der Waals surface area contributed by atoms with Crippen LogP contribution in [0.2, 0.25) is 0 Å². The molecular formula is C15H26N2. The summed E-state index contributed by atoms with van der Waals surface area (Å²) in [5.74, 6) is 0.804. The Morgan fingerprint density at radius 2 is 1.76 bits per heavy atom. The van der Waals surface area contributed by atoms with Crippen molar-refractivity contribution in [3.63, 3.8) is 0 Å². The summed E-state index contributed by atoms with van der Waals surface area (Å²) in [6, 6.07) is 3.22. The van der Waals surface area contributed by atoms with E-state index in [0.717, 1.165) is 18.8 Å². The van der Waals surface area contributed by atoms with Crippen LogP contribution >= 0.6 is 0 Å². The SMILES string of the molecule is CC1CCCC(C#N)(NC2CCCCC2)CC1. The van der Waals surface area contributed by atoms with Gasteiger partial charge in [-0.1, -0.05) is 39.0 Å². The van der Waals surface area contributed by atoms with E-state index in [-0.39, 0.29) is 5.54 Å². The van der Waals surface area contributed by atoms with Gasteiger partial charge in [0.15, 0.2) is 0 Å². The maximum absolute atomic E-state index is 9.57. The normalized spacial score (nSPS) is 36.1. The average molecular weight is 234 g/mol. The molecule has 0 spiro atoms. The van der Waals surface area contributed by atoms with E-state index in [1.165, 1.54) is 51.4 Å². The van der Waals surface area contributed by atoms with Crippen molar-refractivity contribution in [2.24, 2.45) is 5.92 Å². The van der Waals surface area contributed by atoms with Crippen LogP contribution in [0.3, 0.4) is 0 Å². The lowest BCUT2D eigenvalue weighted by molar-refractivity contribution is 0.270. The van der Waals surface area contributed by atoms with E-state index >= 15 is 0 Å². The highest BCUT2D eigenvalue weighted by atomic mass is 15.0. The Bertz CT molecular complexity index is 275. The van der Waals surface area contributed by atoms with E-state index in [1.807, 2.05) is 0 Å². The second-order valence-corrected chi connectivity index (χ2v) is 6.21. The molecule has 2 rings (SSSR count). The molecule has 96 valence electrons. The Balaban J connectivity index is 1.95. The minimum Gasteiger partial charge on any atom is -0.297 e. The Morgan fingerprint density at radius 1 is 1.00 bits per heavy atom. The second-order valence-electron chi connectivity index (χ2n) is 6.21. The molecule has 2 saturated carbocycles. The maximum atomic E-state index is 9.57. The maximum Gasteiger partial charge on any atom is 0.106 e. The summed E-state index contributed by atoms with van der Waals surface area (Å²) in [4.78, 5) is 0. The van der Waals surface area contributed by atoms with E-state index in [1.54, 1.807) is 0 Å². The topological polar surface area (TPSA) is 35.8 Å². The molecule has 0 radical (unpaired) electrons. The number of nitriles is 1. The van der Waals surface area contributed by atoms with Crippen LogP contribution in [0.5, 0.6) is 0 Å². The molecule has 2 aliphatic carbocycles. The Hall–Kier alpha value is -0.550. The van der Waals surface area contributed by atoms with Crippen LogP contribution in [0.25, 0.3) is 0 Å². The summed E-state index contributed by atoms with van der Waals surface area (Å²) in [6.07, 6.45) is 12.5. The van der Waals surface area contributed by atoms with E-state index in [9.17, 15) is 5.26 Å². The zero-order chi connectivity index (χ0) is 12.1. The third-order valence-corrected chi connectivity index (χ3v) is 4.66. The highest BCUT2D eigenvalue weighted by molar-refractivity contribution is 5.09. The number of hydrogen-bond acceptors (Lipinski definition) is 2. The average Bonchev–Trinajstić information content (AvgIpc) is 2.54. The van der Waals surface area contributed by atoms with Crippen molar-refractivity contribution in [2.45, 2.75) is 82.7 Å². The third kappa shape index (κ3) is 3.45. The van der Waals surface area contributed by atoms with Gasteiger partial charge in [0.1, 0.15) is 5.54 Å². The van der Waals surface area contributed by atoms with Gasteiger partial charge in [0.25, 0.3) is 0 Å². The van der Waals surface area contributed by atoms with Crippen molar-refractivity contribution < 1.29 is 0 Å². The van der Waals surface area contributed by atoms with Crippen molar-refractivity contribution in [1.29, 1.82) is 5.26 Å². The highest BCUT2D eigenvalue weighted by Crippen LogP contribution is 2.31. The fourth-order valence-corrected chi connectivity index (χ4v) is 3.44. The number of rotatable bonds is 2. The minimum absolute atomic E-state index is 0.202. The van der Waals surface area contributed by atoms with Gasteiger partial charge >= 0.3 is 0 Å². The molecule has 2 heteroatoms. The summed E-state index contributed by atoms with van der Waals surface area (Å²) >= 11 is 0. The molecular weight excluding hydrogens is 208 g/mol. The molecule has 2 nitrogen and oxygen atoms in total. The standard InChI is InChI=1S/C15H26N2/c1-13-6-5-10-15(12-16,11-9-13)17-14-7-3-2-4-8-14/h13-14,17H,2-11H2,1H3. The second kappa shape index (κ2) is 5.87. The summed E-state index contributed by atoms with van der Waals surface area (Å²) in [5, 5.41) is 13.3. The summed E-state index contributed by atoms with van der Waals surface area (Å²) in [7, 11) is 0. The number of nitrogens with zero attached hydrogens (tertiary/aromatic N) is 1. The number of hydrogen-bond donors (Lipinski definition) is 1. The molecule has 0 aromatic heterocycles. The van der Waals surface area contributed by atoms with Crippen LogP contribution in [-0.2, 0) is 0 Å². The molecule has 1 N–H and O–H groups in total. The van der Waals surface area contributed by atoms with Crippen LogP contribution < -0.4 is 5.32 Å².